The third-order valence-corrected chi connectivity index (χ3v) is 3.95. The molecule has 0 spiro atoms. The molecule has 0 aromatic rings. The highest BCUT2D eigenvalue weighted by molar-refractivity contribution is 5.81. The van der Waals surface area contributed by atoms with E-state index in [1.165, 1.54) is 4.90 Å². The van der Waals surface area contributed by atoms with Gasteiger partial charge >= 0.3 is 12.1 Å². The zero-order valence-corrected chi connectivity index (χ0v) is 13.2. The second-order valence-corrected chi connectivity index (χ2v) is 6.77. The number of ether oxygens (including phenoxy) is 1. The van der Waals surface area contributed by atoms with E-state index in [4.69, 9.17) is 4.74 Å². The summed E-state index contributed by atoms with van der Waals surface area (Å²) in [5.74, 6) is -0.942. The van der Waals surface area contributed by atoms with Crippen molar-refractivity contribution in [2.75, 3.05) is 6.54 Å². The number of rotatable bonds is 4. The van der Waals surface area contributed by atoms with Gasteiger partial charge in [0, 0.05) is 6.54 Å². The summed E-state index contributed by atoms with van der Waals surface area (Å²) in [5.41, 5.74) is -0.697. The molecule has 1 N–H and O–H groups in total. The predicted octanol–water partition coefficient (Wildman–Crippen LogP) is 3.28. The molecule has 116 valence electrons. The van der Waals surface area contributed by atoms with Gasteiger partial charge in [0.2, 0.25) is 0 Å². The number of carboxylic acid groups (broad SMARTS) is 1. The van der Waals surface area contributed by atoms with Crippen LogP contribution in [-0.4, -0.2) is 40.3 Å². The Labute approximate surface area is 121 Å². The Bertz CT molecular complexity index is 375. The maximum atomic E-state index is 12.2. The summed E-state index contributed by atoms with van der Waals surface area (Å²) in [6, 6.07) is -0.767. The molecule has 2 atom stereocenters. The summed E-state index contributed by atoms with van der Waals surface area (Å²) >= 11 is 0. The summed E-state index contributed by atoms with van der Waals surface area (Å²) in [6.45, 7) is 9.99. The van der Waals surface area contributed by atoms with Crippen molar-refractivity contribution < 1.29 is 19.4 Å². The molecule has 0 aliphatic carbocycles. The lowest BCUT2D eigenvalue weighted by atomic mass is 9.79. The Morgan fingerprint density at radius 1 is 1.35 bits per heavy atom. The molecule has 0 saturated carbocycles. The number of carbonyl (C=O) groups is 2. The summed E-state index contributed by atoms with van der Waals surface area (Å²) in [7, 11) is 0. The summed E-state index contributed by atoms with van der Waals surface area (Å²) in [6.07, 6.45) is 2.81. The maximum absolute atomic E-state index is 12.2. The molecule has 5 nitrogen and oxygen atoms in total. The van der Waals surface area contributed by atoms with Gasteiger partial charge in [0.1, 0.15) is 11.6 Å². The van der Waals surface area contributed by atoms with E-state index in [-0.39, 0.29) is 5.41 Å². The van der Waals surface area contributed by atoms with Gasteiger partial charge < -0.3 is 9.84 Å². The Balaban J connectivity index is 2.93. The molecular weight excluding hydrogens is 258 g/mol. The van der Waals surface area contributed by atoms with Gasteiger partial charge in [-0.05, 0) is 45.4 Å². The average Bonchev–Trinajstić information content (AvgIpc) is 2.68. The molecule has 20 heavy (non-hydrogen) atoms. The molecule has 1 rings (SSSR count). The SMILES string of the molecule is CCCC1(CC)CC(C(=O)O)N(C(=O)OC(C)(C)C)C1. The van der Waals surface area contributed by atoms with E-state index in [9.17, 15) is 14.7 Å². The number of hydrogen-bond acceptors (Lipinski definition) is 3. The standard InChI is InChI=1S/C15H27NO4/c1-6-8-15(7-2)9-11(12(17)18)16(10-15)13(19)20-14(3,4)5/h11H,6-10H2,1-5H3,(H,17,18). The third kappa shape index (κ3) is 3.87. The van der Waals surface area contributed by atoms with E-state index in [2.05, 4.69) is 13.8 Å². The van der Waals surface area contributed by atoms with Crippen LogP contribution in [0.5, 0.6) is 0 Å². The maximum Gasteiger partial charge on any atom is 0.411 e. The van der Waals surface area contributed by atoms with Crippen LogP contribution in [0.4, 0.5) is 4.79 Å². The molecule has 0 aromatic heterocycles. The van der Waals surface area contributed by atoms with E-state index >= 15 is 0 Å². The number of hydrogen-bond donors (Lipinski definition) is 1. The first-order valence-corrected chi connectivity index (χ1v) is 7.36. The van der Waals surface area contributed by atoms with Gasteiger partial charge in [-0.25, -0.2) is 9.59 Å². The molecule has 1 amide bonds. The number of carbonyl (C=O) groups excluding carboxylic acids is 1. The summed E-state index contributed by atoms with van der Waals surface area (Å²) < 4.78 is 5.34. The van der Waals surface area contributed by atoms with Crippen molar-refractivity contribution in [3.63, 3.8) is 0 Å². The van der Waals surface area contributed by atoms with E-state index in [1.54, 1.807) is 20.8 Å². The van der Waals surface area contributed by atoms with Crippen LogP contribution in [0.3, 0.4) is 0 Å². The van der Waals surface area contributed by atoms with E-state index in [0.717, 1.165) is 19.3 Å². The Hall–Kier alpha value is -1.26. The molecule has 1 fully saturated rings. The van der Waals surface area contributed by atoms with Gasteiger partial charge in [0.05, 0.1) is 0 Å². The highest BCUT2D eigenvalue weighted by atomic mass is 16.6. The van der Waals surface area contributed by atoms with Crippen molar-refractivity contribution in [3.05, 3.63) is 0 Å². The first-order valence-electron chi connectivity index (χ1n) is 7.36. The normalized spacial score (nSPS) is 26.6. The quantitative estimate of drug-likeness (QED) is 0.860. The van der Waals surface area contributed by atoms with E-state index in [0.29, 0.717) is 13.0 Å². The fraction of sp³-hybridized carbons (Fsp3) is 0.867. The number of nitrogens with zero attached hydrogens (tertiary/aromatic N) is 1. The molecule has 2 unspecified atom stereocenters. The second kappa shape index (κ2) is 6.02. The van der Waals surface area contributed by atoms with Gasteiger partial charge in [-0.15, -0.1) is 0 Å². The van der Waals surface area contributed by atoms with Gasteiger partial charge in [-0.1, -0.05) is 20.3 Å². The lowest BCUT2D eigenvalue weighted by Crippen LogP contribution is -2.43. The molecule has 1 saturated heterocycles. The van der Waals surface area contributed by atoms with Crippen molar-refractivity contribution in [2.24, 2.45) is 5.41 Å². The molecule has 0 aromatic carbocycles. The summed E-state index contributed by atoms with van der Waals surface area (Å²) in [4.78, 5) is 25.1. The molecule has 0 bridgehead atoms. The lowest BCUT2D eigenvalue weighted by Gasteiger charge is -2.29. The molecular formula is C15H27NO4. The number of amides is 1. The van der Waals surface area contributed by atoms with Crippen LogP contribution >= 0.6 is 0 Å². The first kappa shape index (κ1) is 16.8. The van der Waals surface area contributed by atoms with Crippen molar-refractivity contribution in [1.29, 1.82) is 0 Å². The van der Waals surface area contributed by atoms with Gasteiger partial charge in [-0.2, -0.15) is 0 Å². The van der Waals surface area contributed by atoms with Crippen molar-refractivity contribution in [1.82, 2.24) is 4.90 Å². The summed E-state index contributed by atoms with van der Waals surface area (Å²) in [5, 5.41) is 9.38. The molecule has 1 aliphatic heterocycles. The topological polar surface area (TPSA) is 66.8 Å². The minimum atomic E-state index is -0.942. The fourth-order valence-corrected chi connectivity index (χ4v) is 2.93. The molecule has 1 heterocycles. The Morgan fingerprint density at radius 3 is 2.35 bits per heavy atom. The first-order chi connectivity index (χ1) is 9.14. The number of carboxylic acids is 1. The van der Waals surface area contributed by atoms with Crippen LogP contribution in [-0.2, 0) is 9.53 Å². The molecule has 0 radical (unpaired) electrons. The molecule has 1 aliphatic rings. The lowest BCUT2D eigenvalue weighted by molar-refractivity contribution is -0.142. The van der Waals surface area contributed by atoms with E-state index in [1.807, 2.05) is 0 Å². The average molecular weight is 285 g/mol. The van der Waals surface area contributed by atoms with Crippen LogP contribution in [0, 0.1) is 5.41 Å². The minimum Gasteiger partial charge on any atom is -0.480 e. The largest absolute Gasteiger partial charge is 0.480 e. The van der Waals surface area contributed by atoms with Crippen molar-refractivity contribution in [3.8, 4) is 0 Å². The number of aliphatic carboxylic acids is 1. The molecule has 5 heteroatoms. The smallest absolute Gasteiger partial charge is 0.411 e. The monoisotopic (exact) mass is 285 g/mol. The van der Waals surface area contributed by atoms with Crippen LogP contribution < -0.4 is 0 Å². The van der Waals surface area contributed by atoms with Crippen LogP contribution in [0.15, 0.2) is 0 Å². The van der Waals surface area contributed by atoms with Crippen molar-refractivity contribution >= 4 is 12.1 Å². The van der Waals surface area contributed by atoms with Gasteiger partial charge in [-0.3, -0.25) is 4.90 Å². The van der Waals surface area contributed by atoms with Gasteiger partial charge in [0.15, 0.2) is 0 Å². The highest BCUT2D eigenvalue weighted by Crippen LogP contribution is 2.42. The number of likely N-dealkylation sites (tertiary alicyclic amines) is 1. The highest BCUT2D eigenvalue weighted by Gasteiger charge is 2.48. The van der Waals surface area contributed by atoms with E-state index < -0.39 is 23.7 Å². The Morgan fingerprint density at radius 2 is 1.95 bits per heavy atom. The minimum absolute atomic E-state index is 0.0886. The second-order valence-electron chi connectivity index (χ2n) is 6.77. The predicted molar refractivity (Wildman–Crippen MR) is 76.6 cm³/mol. The van der Waals surface area contributed by atoms with Crippen LogP contribution in [0.2, 0.25) is 0 Å². The zero-order valence-electron chi connectivity index (χ0n) is 13.2. The third-order valence-electron chi connectivity index (χ3n) is 3.95. The van der Waals surface area contributed by atoms with Gasteiger partial charge in [0.25, 0.3) is 0 Å². The van der Waals surface area contributed by atoms with Crippen LogP contribution in [0.1, 0.15) is 60.3 Å². The zero-order chi connectivity index (χ0) is 15.6. The van der Waals surface area contributed by atoms with Crippen molar-refractivity contribution in [2.45, 2.75) is 71.9 Å². The van der Waals surface area contributed by atoms with Crippen LogP contribution in [0.25, 0.3) is 0 Å². The Kier molecular flexibility index (Phi) is 5.05. The fourth-order valence-electron chi connectivity index (χ4n) is 2.93.